The van der Waals surface area contributed by atoms with E-state index < -0.39 is 0 Å². The first kappa shape index (κ1) is 9.86. The monoisotopic (exact) mass is 181 g/mol. The average Bonchev–Trinajstić information content (AvgIpc) is 2.60. The maximum absolute atomic E-state index is 5.34. The Morgan fingerprint density at radius 3 is 2.85 bits per heavy atom. The minimum Gasteiger partial charge on any atom is -0.454 e. The molecular weight excluding hydrogens is 166 g/mol. The molecule has 3 nitrogen and oxygen atoms in total. The van der Waals surface area contributed by atoms with E-state index in [1.54, 1.807) is 0 Å². The van der Waals surface area contributed by atoms with Crippen molar-refractivity contribution in [1.29, 1.82) is 0 Å². The molecule has 0 amide bonds. The number of ether oxygens (including phenoxy) is 2. The second-order valence-corrected chi connectivity index (χ2v) is 2.60. The van der Waals surface area contributed by atoms with Gasteiger partial charge >= 0.3 is 0 Å². The van der Waals surface area contributed by atoms with Crippen LogP contribution in [0.1, 0.15) is 13.3 Å². The molecule has 3 heteroatoms. The number of allylic oxidation sites excluding steroid dienone is 3. The molecule has 0 radical (unpaired) electrons. The van der Waals surface area contributed by atoms with Crippen LogP contribution in [0.15, 0.2) is 35.8 Å². The van der Waals surface area contributed by atoms with Gasteiger partial charge in [-0.05, 0) is 32.0 Å². The summed E-state index contributed by atoms with van der Waals surface area (Å²) in [5, 5.41) is 0. The Hall–Kier alpha value is -1.22. The second-order valence-electron chi connectivity index (χ2n) is 2.60. The third-order valence-electron chi connectivity index (χ3n) is 1.65. The summed E-state index contributed by atoms with van der Waals surface area (Å²) in [7, 11) is 0. The third-order valence-corrected chi connectivity index (χ3v) is 1.65. The number of hydrogen-bond acceptors (Lipinski definition) is 3. The molecule has 1 heterocycles. The molecule has 13 heavy (non-hydrogen) atoms. The van der Waals surface area contributed by atoms with Gasteiger partial charge in [0.15, 0.2) is 11.5 Å². The Morgan fingerprint density at radius 2 is 2.15 bits per heavy atom. The summed E-state index contributed by atoms with van der Waals surface area (Å²) in [6.45, 7) is 2.91. The highest BCUT2D eigenvalue weighted by molar-refractivity contribution is 5.25. The molecule has 1 fully saturated rings. The van der Waals surface area contributed by atoms with Crippen LogP contribution in [0.4, 0.5) is 0 Å². The fourth-order valence-corrected chi connectivity index (χ4v) is 1.00. The quantitative estimate of drug-likeness (QED) is 0.720. The van der Waals surface area contributed by atoms with Crippen molar-refractivity contribution < 1.29 is 9.47 Å². The van der Waals surface area contributed by atoms with E-state index >= 15 is 0 Å². The van der Waals surface area contributed by atoms with Gasteiger partial charge in [-0.3, -0.25) is 0 Å². The first-order chi connectivity index (χ1) is 6.38. The molecule has 1 rings (SSSR count). The van der Waals surface area contributed by atoms with E-state index in [0.717, 1.165) is 17.9 Å². The van der Waals surface area contributed by atoms with Gasteiger partial charge in [-0.1, -0.05) is 12.2 Å². The van der Waals surface area contributed by atoms with Crippen molar-refractivity contribution in [1.82, 2.24) is 0 Å². The lowest BCUT2D eigenvalue weighted by atomic mass is 10.3. The Morgan fingerprint density at radius 1 is 1.38 bits per heavy atom. The maximum Gasteiger partial charge on any atom is 0.231 e. The number of rotatable bonds is 3. The van der Waals surface area contributed by atoms with Crippen LogP contribution in [-0.4, -0.2) is 13.3 Å². The van der Waals surface area contributed by atoms with Crippen LogP contribution in [0.5, 0.6) is 0 Å². The van der Waals surface area contributed by atoms with E-state index in [2.05, 4.69) is 0 Å². The summed E-state index contributed by atoms with van der Waals surface area (Å²) in [4.78, 5) is 0. The highest BCUT2D eigenvalue weighted by atomic mass is 16.7. The maximum atomic E-state index is 5.34. The topological polar surface area (TPSA) is 44.5 Å². The van der Waals surface area contributed by atoms with Crippen molar-refractivity contribution in [3.05, 3.63) is 35.8 Å². The molecule has 1 saturated heterocycles. The summed E-state index contributed by atoms with van der Waals surface area (Å²) < 4.78 is 10.4. The van der Waals surface area contributed by atoms with Gasteiger partial charge < -0.3 is 15.2 Å². The number of hydrogen-bond donors (Lipinski definition) is 1. The molecule has 0 bridgehead atoms. The van der Waals surface area contributed by atoms with E-state index in [9.17, 15) is 0 Å². The average molecular weight is 181 g/mol. The molecule has 1 aliphatic rings. The van der Waals surface area contributed by atoms with Gasteiger partial charge in [0.05, 0.1) is 0 Å². The van der Waals surface area contributed by atoms with Gasteiger partial charge in [0.1, 0.15) is 0 Å². The van der Waals surface area contributed by atoms with Crippen molar-refractivity contribution in [2.24, 2.45) is 5.73 Å². The molecule has 0 aromatic rings. The predicted octanol–water partition coefficient (Wildman–Crippen LogP) is 1.68. The van der Waals surface area contributed by atoms with Crippen molar-refractivity contribution in [3.63, 3.8) is 0 Å². The first-order valence-electron chi connectivity index (χ1n) is 4.37. The smallest absolute Gasteiger partial charge is 0.231 e. The zero-order valence-corrected chi connectivity index (χ0v) is 7.82. The lowest BCUT2D eigenvalue weighted by molar-refractivity contribution is 0.0976. The van der Waals surface area contributed by atoms with Crippen LogP contribution in [-0.2, 0) is 9.47 Å². The molecule has 0 spiro atoms. The Kier molecular flexibility index (Phi) is 4.12. The fraction of sp³-hybridized carbons (Fsp3) is 0.400. The highest BCUT2D eigenvalue weighted by Gasteiger charge is 2.13. The van der Waals surface area contributed by atoms with Crippen LogP contribution < -0.4 is 5.73 Å². The van der Waals surface area contributed by atoms with Crippen LogP contribution in [0, 0.1) is 0 Å². The Balaban J connectivity index is 2.50. The second kappa shape index (κ2) is 5.43. The summed E-state index contributed by atoms with van der Waals surface area (Å²) >= 11 is 0. The molecule has 1 aliphatic heterocycles. The molecule has 72 valence electrons. The van der Waals surface area contributed by atoms with E-state index in [4.69, 9.17) is 15.2 Å². The van der Waals surface area contributed by atoms with Gasteiger partial charge in [0.2, 0.25) is 6.79 Å². The molecule has 2 N–H and O–H groups in total. The van der Waals surface area contributed by atoms with E-state index in [0.29, 0.717) is 13.3 Å². The lowest BCUT2D eigenvalue weighted by Gasteiger charge is -1.92. The molecular formula is C10H15NO2. The lowest BCUT2D eigenvalue weighted by Crippen LogP contribution is -1.94. The largest absolute Gasteiger partial charge is 0.454 e. The van der Waals surface area contributed by atoms with E-state index in [-0.39, 0.29) is 0 Å². The standard InChI is InChI=1S/C10H15NO2/c1-2-9-10(13-8-12-9)6-4-3-5-7-11/h2-4,6H,5,7-8,11H2,1H3/b4-3+,9-2+,10-6+. The van der Waals surface area contributed by atoms with Gasteiger partial charge in [-0.2, -0.15) is 0 Å². The number of nitrogens with two attached hydrogens (primary N) is 1. The van der Waals surface area contributed by atoms with Crippen molar-refractivity contribution in [2.45, 2.75) is 13.3 Å². The van der Waals surface area contributed by atoms with Crippen molar-refractivity contribution in [3.8, 4) is 0 Å². The van der Waals surface area contributed by atoms with Gasteiger partial charge in [0.25, 0.3) is 0 Å². The normalized spacial score (nSPS) is 22.6. The van der Waals surface area contributed by atoms with Crippen LogP contribution in [0.25, 0.3) is 0 Å². The Bertz CT molecular complexity index is 241. The van der Waals surface area contributed by atoms with E-state index in [1.165, 1.54) is 0 Å². The van der Waals surface area contributed by atoms with E-state index in [1.807, 2.05) is 31.2 Å². The Labute approximate surface area is 78.5 Å². The summed E-state index contributed by atoms with van der Waals surface area (Å²) in [5.41, 5.74) is 5.34. The predicted molar refractivity (Wildman–Crippen MR) is 51.7 cm³/mol. The molecule has 0 aliphatic carbocycles. The van der Waals surface area contributed by atoms with Gasteiger partial charge in [0, 0.05) is 0 Å². The summed E-state index contributed by atoms with van der Waals surface area (Å²) in [5.74, 6) is 1.59. The molecule has 0 unspecified atom stereocenters. The zero-order valence-electron chi connectivity index (χ0n) is 7.82. The van der Waals surface area contributed by atoms with Crippen LogP contribution in [0.3, 0.4) is 0 Å². The SMILES string of the molecule is C/C=C1/OCO/C1=C/C=C/CCN. The van der Waals surface area contributed by atoms with Crippen molar-refractivity contribution in [2.75, 3.05) is 13.3 Å². The van der Waals surface area contributed by atoms with Crippen LogP contribution in [0.2, 0.25) is 0 Å². The fourth-order valence-electron chi connectivity index (χ4n) is 1.00. The molecule has 0 aromatic carbocycles. The van der Waals surface area contributed by atoms with Crippen molar-refractivity contribution >= 4 is 0 Å². The minimum absolute atomic E-state index is 0.316. The summed E-state index contributed by atoms with van der Waals surface area (Å²) in [6, 6.07) is 0. The van der Waals surface area contributed by atoms with Crippen LogP contribution >= 0.6 is 0 Å². The highest BCUT2D eigenvalue weighted by Crippen LogP contribution is 2.20. The molecule has 0 saturated carbocycles. The third kappa shape index (κ3) is 2.95. The van der Waals surface area contributed by atoms with Gasteiger partial charge in [-0.15, -0.1) is 0 Å². The molecule has 0 atom stereocenters. The molecule has 0 aromatic heterocycles. The summed E-state index contributed by atoms with van der Waals surface area (Å²) in [6.07, 6.45) is 8.59. The first-order valence-corrected chi connectivity index (χ1v) is 4.37. The van der Waals surface area contributed by atoms with Gasteiger partial charge in [-0.25, -0.2) is 0 Å². The minimum atomic E-state index is 0.316. The zero-order chi connectivity index (χ0) is 9.52.